The molecule has 0 amide bonds. The van der Waals surface area contributed by atoms with Gasteiger partial charge in [-0.1, -0.05) is 18.7 Å². The van der Waals surface area contributed by atoms with E-state index in [1.165, 1.54) is 0 Å². The third-order valence-corrected chi connectivity index (χ3v) is 1.58. The van der Waals surface area contributed by atoms with Crippen LogP contribution >= 0.6 is 0 Å². The van der Waals surface area contributed by atoms with Gasteiger partial charge in [0.15, 0.2) is 0 Å². The van der Waals surface area contributed by atoms with Gasteiger partial charge in [-0.3, -0.25) is 4.79 Å². The summed E-state index contributed by atoms with van der Waals surface area (Å²) < 4.78 is 36.0. The lowest BCUT2D eigenvalue weighted by molar-refractivity contribution is -0.104. The van der Waals surface area contributed by atoms with Crippen molar-refractivity contribution in [3.05, 3.63) is 35.5 Å². The standard InChI is InChI=1S/C10H11F3O/c1-7(2)9(6-14)5-4-8(3)10(11,12)13/h4-6H,1H2,2-3H3/b8-4+,9-5-. The van der Waals surface area contributed by atoms with Crippen molar-refractivity contribution < 1.29 is 18.0 Å². The predicted octanol–water partition coefficient (Wildman–Crippen LogP) is 3.20. The molecule has 78 valence electrons. The van der Waals surface area contributed by atoms with Crippen LogP contribution in [0.15, 0.2) is 35.5 Å². The molecular weight excluding hydrogens is 193 g/mol. The van der Waals surface area contributed by atoms with Crippen LogP contribution in [0.1, 0.15) is 13.8 Å². The maximum absolute atomic E-state index is 12.0. The van der Waals surface area contributed by atoms with Crippen molar-refractivity contribution in [1.82, 2.24) is 0 Å². The van der Waals surface area contributed by atoms with Crippen LogP contribution in [0.5, 0.6) is 0 Å². The Labute approximate surface area is 80.6 Å². The summed E-state index contributed by atoms with van der Waals surface area (Å²) in [6.45, 7) is 5.95. The van der Waals surface area contributed by atoms with E-state index in [1.54, 1.807) is 6.92 Å². The first-order valence-electron chi connectivity index (χ1n) is 3.86. The van der Waals surface area contributed by atoms with E-state index in [-0.39, 0.29) is 5.57 Å². The molecule has 0 aliphatic heterocycles. The maximum atomic E-state index is 12.0. The van der Waals surface area contributed by atoms with Crippen molar-refractivity contribution in [3.63, 3.8) is 0 Å². The van der Waals surface area contributed by atoms with E-state index in [1.807, 2.05) is 0 Å². The first-order valence-corrected chi connectivity index (χ1v) is 3.86. The van der Waals surface area contributed by atoms with Crippen molar-refractivity contribution in [1.29, 1.82) is 0 Å². The van der Waals surface area contributed by atoms with Crippen molar-refractivity contribution in [2.24, 2.45) is 0 Å². The minimum atomic E-state index is -4.35. The molecule has 1 nitrogen and oxygen atoms in total. The number of carbonyl (C=O) groups excluding carboxylic acids is 1. The molecule has 0 aromatic carbocycles. The highest BCUT2D eigenvalue weighted by Gasteiger charge is 2.29. The fourth-order valence-corrected chi connectivity index (χ4v) is 0.591. The molecule has 0 saturated carbocycles. The lowest BCUT2D eigenvalue weighted by Crippen LogP contribution is -2.08. The molecule has 0 aromatic heterocycles. The highest BCUT2D eigenvalue weighted by atomic mass is 19.4. The maximum Gasteiger partial charge on any atom is 0.412 e. The third kappa shape index (κ3) is 4.07. The number of rotatable bonds is 3. The number of halogens is 3. The fourth-order valence-electron chi connectivity index (χ4n) is 0.591. The van der Waals surface area contributed by atoms with Crippen LogP contribution in [0.2, 0.25) is 0 Å². The summed E-state index contributed by atoms with van der Waals surface area (Å²) in [5.41, 5.74) is -0.155. The second-order valence-corrected chi connectivity index (χ2v) is 2.87. The Morgan fingerprint density at radius 2 is 1.71 bits per heavy atom. The van der Waals surface area contributed by atoms with Crippen molar-refractivity contribution in [2.75, 3.05) is 0 Å². The van der Waals surface area contributed by atoms with Gasteiger partial charge in [0.05, 0.1) is 0 Å². The quantitative estimate of drug-likeness (QED) is 0.392. The number of allylic oxidation sites excluding steroid dienone is 5. The Morgan fingerprint density at radius 3 is 2.00 bits per heavy atom. The minimum absolute atomic E-state index is 0.161. The third-order valence-electron chi connectivity index (χ3n) is 1.58. The highest BCUT2D eigenvalue weighted by molar-refractivity contribution is 5.80. The zero-order chi connectivity index (χ0) is 11.4. The summed E-state index contributed by atoms with van der Waals surface area (Å²) in [6, 6.07) is 0. The molecule has 0 fully saturated rings. The molecule has 0 radical (unpaired) electrons. The van der Waals surface area contributed by atoms with Crippen LogP contribution in [0.3, 0.4) is 0 Å². The smallest absolute Gasteiger partial charge is 0.298 e. The molecule has 0 saturated heterocycles. The van der Waals surface area contributed by atoms with Gasteiger partial charge in [-0.15, -0.1) is 0 Å². The number of alkyl halides is 3. The van der Waals surface area contributed by atoms with E-state index < -0.39 is 11.7 Å². The molecule has 14 heavy (non-hydrogen) atoms. The van der Waals surface area contributed by atoms with Crippen LogP contribution in [0, 0.1) is 0 Å². The van der Waals surface area contributed by atoms with E-state index >= 15 is 0 Å². The van der Waals surface area contributed by atoms with Gasteiger partial charge in [0, 0.05) is 11.1 Å². The second-order valence-electron chi connectivity index (χ2n) is 2.87. The average molecular weight is 204 g/mol. The largest absolute Gasteiger partial charge is 0.412 e. The fraction of sp³-hybridized carbons (Fsp3) is 0.300. The predicted molar refractivity (Wildman–Crippen MR) is 48.8 cm³/mol. The average Bonchev–Trinajstić information content (AvgIpc) is 2.02. The van der Waals surface area contributed by atoms with Crippen molar-refractivity contribution in [2.45, 2.75) is 20.0 Å². The molecule has 0 N–H and O–H groups in total. The Kier molecular flexibility index (Phi) is 4.34. The summed E-state index contributed by atoms with van der Waals surface area (Å²) >= 11 is 0. The van der Waals surface area contributed by atoms with Gasteiger partial charge >= 0.3 is 6.18 Å². The highest BCUT2D eigenvalue weighted by Crippen LogP contribution is 2.24. The molecular formula is C10H11F3O. The monoisotopic (exact) mass is 204 g/mol. The molecule has 0 bridgehead atoms. The van der Waals surface area contributed by atoms with E-state index in [9.17, 15) is 18.0 Å². The van der Waals surface area contributed by atoms with E-state index in [0.717, 1.165) is 19.1 Å². The Balaban J connectivity index is 4.85. The summed E-state index contributed by atoms with van der Waals surface area (Å²) in [7, 11) is 0. The zero-order valence-corrected chi connectivity index (χ0v) is 7.98. The first kappa shape index (κ1) is 12.7. The van der Waals surface area contributed by atoms with Gasteiger partial charge in [-0.2, -0.15) is 13.2 Å². The molecule has 0 aliphatic rings. The molecule has 0 aromatic rings. The van der Waals surface area contributed by atoms with Crippen molar-refractivity contribution in [3.8, 4) is 0 Å². The van der Waals surface area contributed by atoms with E-state index in [0.29, 0.717) is 11.9 Å². The summed E-state index contributed by atoms with van der Waals surface area (Å²) in [6.07, 6.45) is -1.90. The van der Waals surface area contributed by atoms with Crippen LogP contribution in [-0.4, -0.2) is 12.5 Å². The molecule has 4 heteroatoms. The van der Waals surface area contributed by atoms with Gasteiger partial charge in [0.25, 0.3) is 0 Å². The van der Waals surface area contributed by atoms with Crippen molar-refractivity contribution >= 4 is 6.29 Å². The van der Waals surface area contributed by atoms with E-state index in [4.69, 9.17) is 0 Å². The van der Waals surface area contributed by atoms with Crippen LogP contribution in [0.4, 0.5) is 13.2 Å². The van der Waals surface area contributed by atoms with Crippen LogP contribution in [0.25, 0.3) is 0 Å². The van der Waals surface area contributed by atoms with Crippen LogP contribution < -0.4 is 0 Å². The SMILES string of the molecule is C=C(C)/C(C=O)=C\C=C(/C)C(F)(F)F. The summed E-state index contributed by atoms with van der Waals surface area (Å²) in [5, 5.41) is 0. The molecule has 0 aliphatic carbocycles. The Hall–Kier alpha value is -1.32. The normalized spacial score (nSPS) is 14.1. The lowest BCUT2D eigenvalue weighted by atomic mass is 10.1. The molecule has 0 spiro atoms. The van der Waals surface area contributed by atoms with Gasteiger partial charge in [-0.25, -0.2) is 0 Å². The summed E-state index contributed by atoms with van der Waals surface area (Å²) in [4.78, 5) is 10.4. The van der Waals surface area contributed by atoms with Gasteiger partial charge in [0.2, 0.25) is 0 Å². The Bertz CT molecular complexity index is 295. The topological polar surface area (TPSA) is 17.1 Å². The number of carbonyl (C=O) groups is 1. The lowest BCUT2D eigenvalue weighted by Gasteiger charge is -2.04. The van der Waals surface area contributed by atoms with Gasteiger partial charge in [-0.05, 0) is 19.4 Å². The number of hydrogen-bond donors (Lipinski definition) is 0. The second kappa shape index (κ2) is 4.79. The molecule has 0 rings (SSSR count). The molecule has 0 unspecified atom stereocenters. The Morgan fingerprint density at radius 1 is 1.21 bits per heavy atom. The molecule has 0 heterocycles. The zero-order valence-electron chi connectivity index (χ0n) is 7.98. The van der Waals surface area contributed by atoms with Gasteiger partial charge in [0.1, 0.15) is 6.29 Å². The molecule has 0 atom stereocenters. The van der Waals surface area contributed by atoms with Crippen LogP contribution in [-0.2, 0) is 4.79 Å². The number of hydrogen-bond acceptors (Lipinski definition) is 1. The van der Waals surface area contributed by atoms with Gasteiger partial charge < -0.3 is 0 Å². The first-order chi connectivity index (χ1) is 6.29. The summed E-state index contributed by atoms with van der Waals surface area (Å²) in [5.74, 6) is 0. The van der Waals surface area contributed by atoms with E-state index in [2.05, 4.69) is 6.58 Å². The minimum Gasteiger partial charge on any atom is -0.298 e. The number of aldehydes is 1.